The van der Waals surface area contributed by atoms with E-state index in [-0.39, 0.29) is 41.6 Å². The number of carboxylic acids is 1. The third-order valence-electron chi connectivity index (χ3n) is 3.29. The normalized spacial score (nSPS) is 14.3. The Bertz CT molecular complexity index is 724. The Hall–Kier alpha value is -3.07. The van der Waals surface area contributed by atoms with Crippen LogP contribution in [0.15, 0.2) is 29.5 Å². The molecule has 0 radical (unpaired) electrons. The second-order valence-corrected chi connectivity index (χ2v) is 4.76. The van der Waals surface area contributed by atoms with E-state index in [4.69, 9.17) is 14.6 Å². The van der Waals surface area contributed by atoms with E-state index in [0.29, 0.717) is 0 Å². The quantitative estimate of drug-likeness (QED) is 0.755. The van der Waals surface area contributed by atoms with Crippen LogP contribution in [0, 0.1) is 0 Å². The molecule has 9 heteroatoms. The van der Waals surface area contributed by atoms with E-state index < -0.39 is 17.9 Å². The van der Waals surface area contributed by atoms with E-state index >= 15 is 0 Å². The molecule has 0 atom stereocenters. The molecule has 0 amide bonds. The molecule has 2 rings (SSSR count). The summed E-state index contributed by atoms with van der Waals surface area (Å²) in [6.07, 6.45) is 0. The summed E-state index contributed by atoms with van der Waals surface area (Å²) in [6.45, 7) is -0.314. The fraction of sp³-hybridized carbons (Fsp3) is 0.267. The highest BCUT2D eigenvalue weighted by Gasteiger charge is 2.32. The number of carbonyl (C=O) groups is 3. The minimum Gasteiger partial charge on any atom is -0.508 e. The van der Waals surface area contributed by atoms with E-state index in [1.54, 1.807) is 0 Å². The molecule has 0 saturated carbocycles. The number of anilines is 1. The molecule has 128 valence electrons. The summed E-state index contributed by atoms with van der Waals surface area (Å²) in [5.74, 6) is -3.18. The number of benzene rings is 1. The maximum absolute atomic E-state index is 12.1. The second kappa shape index (κ2) is 7.01. The van der Waals surface area contributed by atoms with Crippen LogP contribution in [0.5, 0.6) is 5.75 Å². The molecule has 0 aliphatic carbocycles. The second-order valence-electron chi connectivity index (χ2n) is 4.76. The lowest BCUT2D eigenvalue weighted by atomic mass is 10.1. The van der Waals surface area contributed by atoms with Gasteiger partial charge in [-0.3, -0.25) is 0 Å². The van der Waals surface area contributed by atoms with Gasteiger partial charge in [0.2, 0.25) is 0 Å². The summed E-state index contributed by atoms with van der Waals surface area (Å²) in [7, 11) is 2.29. The Morgan fingerprint density at radius 2 is 1.79 bits per heavy atom. The first-order valence-electron chi connectivity index (χ1n) is 6.71. The first-order valence-corrected chi connectivity index (χ1v) is 6.71. The van der Waals surface area contributed by atoms with E-state index in [9.17, 15) is 19.5 Å². The van der Waals surface area contributed by atoms with Crippen LogP contribution in [0.3, 0.4) is 0 Å². The van der Waals surface area contributed by atoms with Crippen molar-refractivity contribution < 1.29 is 38.8 Å². The molecule has 0 fully saturated rings. The molecule has 0 saturated heterocycles. The molecule has 24 heavy (non-hydrogen) atoms. The zero-order valence-corrected chi connectivity index (χ0v) is 12.9. The zero-order chi connectivity index (χ0) is 17.9. The molecule has 0 bridgehead atoms. The number of phenolic OH excluding ortho intramolecular Hbond substituents is 1. The van der Waals surface area contributed by atoms with Crippen LogP contribution in [0.25, 0.3) is 0 Å². The van der Waals surface area contributed by atoms with Crippen molar-refractivity contribution in [2.75, 3.05) is 32.5 Å². The van der Waals surface area contributed by atoms with Crippen LogP contribution < -0.4 is 4.90 Å². The molecule has 1 heterocycles. The fourth-order valence-corrected chi connectivity index (χ4v) is 2.22. The average molecular weight is 337 g/mol. The number of ether oxygens (including phenoxy) is 3. The predicted octanol–water partition coefficient (Wildman–Crippen LogP) is 0.485. The summed E-state index contributed by atoms with van der Waals surface area (Å²) in [5.41, 5.74) is -0.262. The summed E-state index contributed by atoms with van der Waals surface area (Å²) in [5, 5.41) is 18.8. The van der Waals surface area contributed by atoms with Crippen molar-refractivity contribution in [2.45, 2.75) is 0 Å². The number of phenols is 1. The van der Waals surface area contributed by atoms with Gasteiger partial charge in [0, 0.05) is 11.8 Å². The highest BCUT2D eigenvalue weighted by atomic mass is 16.5. The Morgan fingerprint density at radius 1 is 1.12 bits per heavy atom. The van der Waals surface area contributed by atoms with Gasteiger partial charge in [0.25, 0.3) is 0 Å². The molecule has 2 N–H and O–H groups in total. The van der Waals surface area contributed by atoms with Crippen LogP contribution in [-0.2, 0) is 23.8 Å². The van der Waals surface area contributed by atoms with Crippen molar-refractivity contribution >= 4 is 23.6 Å². The van der Waals surface area contributed by atoms with Crippen LogP contribution in [0.1, 0.15) is 10.4 Å². The van der Waals surface area contributed by atoms with Crippen molar-refractivity contribution in [3.8, 4) is 5.75 Å². The van der Waals surface area contributed by atoms with E-state index in [0.717, 1.165) is 20.3 Å². The van der Waals surface area contributed by atoms with E-state index in [1.165, 1.54) is 17.0 Å². The number of carboxylic acid groups (broad SMARTS) is 1. The highest BCUT2D eigenvalue weighted by Crippen LogP contribution is 2.30. The number of hydrogen-bond acceptors (Lipinski definition) is 8. The minimum atomic E-state index is -1.26. The van der Waals surface area contributed by atoms with Crippen molar-refractivity contribution in [2.24, 2.45) is 0 Å². The molecule has 1 aromatic carbocycles. The molecule has 0 aromatic heterocycles. The minimum absolute atomic E-state index is 0.0733. The predicted molar refractivity (Wildman–Crippen MR) is 79.4 cm³/mol. The number of rotatable bonds is 4. The van der Waals surface area contributed by atoms with Gasteiger partial charge in [0.1, 0.15) is 18.2 Å². The van der Waals surface area contributed by atoms with Gasteiger partial charge in [-0.1, -0.05) is 0 Å². The first kappa shape index (κ1) is 17.3. The Labute approximate surface area is 136 Å². The SMILES string of the molecule is COC(=O)C1=C(C(=O)OC)N(c2cc(O)cc(C(=O)O)c2)COC1. The number of esters is 2. The van der Waals surface area contributed by atoms with Crippen LogP contribution in [-0.4, -0.2) is 55.7 Å². The maximum atomic E-state index is 12.1. The molecular weight excluding hydrogens is 322 g/mol. The molecule has 0 spiro atoms. The zero-order valence-electron chi connectivity index (χ0n) is 12.9. The van der Waals surface area contributed by atoms with Gasteiger partial charge in [0.05, 0.1) is 32.0 Å². The Balaban J connectivity index is 2.61. The summed E-state index contributed by atoms with van der Waals surface area (Å²) in [4.78, 5) is 36.4. The van der Waals surface area contributed by atoms with Crippen LogP contribution >= 0.6 is 0 Å². The van der Waals surface area contributed by atoms with Gasteiger partial charge in [-0.15, -0.1) is 0 Å². The van der Waals surface area contributed by atoms with Crippen molar-refractivity contribution in [1.29, 1.82) is 0 Å². The monoisotopic (exact) mass is 337 g/mol. The van der Waals surface area contributed by atoms with Crippen LogP contribution in [0.2, 0.25) is 0 Å². The first-order chi connectivity index (χ1) is 11.4. The largest absolute Gasteiger partial charge is 0.508 e. The topological polar surface area (TPSA) is 123 Å². The smallest absolute Gasteiger partial charge is 0.355 e. The molecule has 1 aliphatic rings. The van der Waals surface area contributed by atoms with Gasteiger partial charge in [-0.2, -0.15) is 0 Å². The van der Waals surface area contributed by atoms with E-state index in [1.807, 2.05) is 0 Å². The summed E-state index contributed by atoms with van der Waals surface area (Å²) < 4.78 is 14.6. The van der Waals surface area contributed by atoms with Crippen molar-refractivity contribution in [1.82, 2.24) is 0 Å². The third-order valence-corrected chi connectivity index (χ3v) is 3.29. The number of hydrogen-bond donors (Lipinski definition) is 2. The number of aromatic carboxylic acids is 1. The fourth-order valence-electron chi connectivity index (χ4n) is 2.22. The van der Waals surface area contributed by atoms with Gasteiger partial charge in [0.15, 0.2) is 0 Å². The van der Waals surface area contributed by atoms with Gasteiger partial charge in [-0.25, -0.2) is 14.4 Å². The lowest BCUT2D eigenvalue weighted by Crippen LogP contribution is -2.38. The Morgan fingerprint density at radius 3 is 2.38 bits per heavy atom. The number of nitrogens with zero attached hydrogens (tertiary/aromatic N) is 1. The highest BCUT2D eigenvalue weighted by molar-refractivity contribution is 6.03. The maximum Gasteiger partial charge on any atom is 0.355 e. The van der Waals surface area contributed by atoms with Gasteiger partial charge in [-0.05, 0) is 12.1 Å². The molecule has 1 aromatic rings. The Kier molecular flexibility index (Phi) is 5.05. The summed E-state index contributed by atoms with van der Waals surface area (Å²) in [6, 6.07) is 3.52. The summed E-state index contributed by atoms with van der Waals surface area (Å²) >= 11 is 0. The lowest BCUT2D eigenvalue weighted by Gasteiger charge is -2.31. The average Bonchev–Trinajstić information content (AvgIpc) is 2.59. The number of methoxy groups -OCH3 is 2. The van der Waals surface area contributed by atoms with E-state index in [2.05, 4.69) is 4.74 Å². The molecular formula is C15H15NO8. The van der Waals surface area contributed by atoms with Gasteiger partial charge < -0.3 is 29.3 Å². The molecule has 0 unspecified atom stereocenters. The van der Waals surface area contributed by atoms with Crippen LogP contribution in [0.4, 0.5) is 5.69 Å². The number of aromatic hydroxyl groups is 1. The standard InChI is InChI=1S/C15H15NO8/c1-22-14(20)11-6-24-7-16(12(11)15(21)23-2)9-3-8(13(18)19)4-10(17)5-9/h3-5,17H,6-7H2,1-2H3,(H,18,19). The number of carbonyl (C=O) groups excluding carboxylic acids is 2. The van der Waals surface area contributed by atoms with Crippen molar-refractivity contribution in [3.63, 3.8) is 0 Å². The van der Waals surface area contributed by atoms with Crippen molar-refractivity contribution in [3.05, 3.63) is 35.0 Å². The molecule has 1 aliphatic heterocycles. The molecule has 9 nitrogen and oxygen atoms in total. The lowest BCUT2D eigenvalue weighted by molar-refractivity contribution is -0.140. The van der Waals surface area contributed by atoms with Gasteiger partial charge >= 0.3 is 17.9 Å². The third kappa shape index (κ3) is 3.30.